The first-order valence-corrected chi connectivity index (χ1v) is 10.0. The number of ether oxygens (including phenoxy) is 3. The minimum Gasteiger partial charge on any atom is -0.493 e. The van der Waals surface area contributed by atoms with E-state index in [0.717, 1.165) is 22.4 Å². The molecule has 1 unspecified atom stereocenters. The highest BCUT2D eigenvalue weighted by Crippen LogP contribution is 2.46. The molecule has 1 aliphatic rings. The number of fused-ring (bicyclic) bond motifs is 1. The number of nitriles is 1. The van der Waals surface area contributed by atoms with Crippen LogP contribution in [0.3, 0.4) is 0 Å². The number of nitrogens with two attached hydrogens (primary N) is 1. The minimum absolute atomic E-state index is 0.0603. The van der Waals surface area contributed by atoms with Gasteiger partial charge in [0, 0.05) is 5.69 Å². The molecular formula is C24H24N4O3. The van der Waals surface area contributed by atoms with Crippen LogP contribution in [0, 0.1) is 11.3 Å². The number of aromatic nitrogens is 2. The second kappa shape index (κ2) is 8.44. The number of H-pyrrole nitrogens is 1. The molecule has 0 aliphatic carbocycles. The van der Waals surface area contributed by atoms with Crippen LogP contribution in [0.25, 0.3) is 0 Å². The summed E-state index contributed by atoms with van der Waals surface area (Å²) in [6, 6.07) is 17.8. The fourth-order valence-corrected chi connectivity index (χ4v) is 3.76. The molecule has 1 aliphatic heterocycles. The molecule has 0 bridgehead atoms. The zero-order chi connectivity index (χ0) is 22.0. The zero-order valence-corrected chi connectivity index (χ0v) is 17.7. The summed E-state index contributed by atoms with van der Waals surface area (Å²) < 4.78 is 17.2. The lowest BCUT2D eigenvalue weighted by atomic mass is 9.82. The second-order valence-electron chi connectivity index (χ2n) is 7.62. The van der Waals surface area contributed by atoms with E-state index in [4.69, 9.17) is 19.9 Å². The van der Waals surface area contributed by atoms with Gasteiger partial charge in [-0.15, -0.1) is 5.10 Å². The van der Waals surface area contributed by atoms with Gasteiger partial charge in [-0.3, -0.25) is 5.10 Å². The van der Waals surface area contributed by atoms with E-state index in [9.17, 15) is 5.26 Å². The van der Waals surface area contributed by atoms with Crippen molar-refractivity contribution in [2.24, 2.45) is 5.73 Å². The van der Waals surface area contributed by atoms with Crippen LogP contribution in [0.5, 0.6) is 17.4 Å². The Morgan fingerprint density at radius 3 is 2.65 bits per heavy atom. The molecule has 0 amide bonds. The van der Waals surface area contributed by atoms with Crippen LogP contribution >= 0.6 is 0 Å². The third kappa shape index (κ3) is 3.80. The highest BCUT2D eigenvalue weighted by atomic mass is 16.5. The Morgan fingerprint density at radius 2 is 1.97 bits per heavy atom. The topological polar surface area (TPSA) is 106 Å². The lowest BCUT2D eigenvalue weighted by Gasteiger charge is -2.25. The predicted octanol–water partition coefficient (Wildman–Crippen LogP) is 4.34. The summed E-state index contributed by atoms with van der Waals surface area (Å²) in [4.78, 5) is 0. The quantitative estimate of drug-likeness (QED) is 0.619. The fourth-order valence-electron chi connectivity index (χ4n) is 3.76. The van der Waals surface area contributed by atoms with E-state index in [1.54, 1.807) is 7.11 Å². The lowest BCUT2D eigenvalue weighted by molar-refractivity contribution is 0.284. The van der Waals surface area contributed by atoms with Gasteiger partial charge < -0.3 is 19.9 Å². The molecule has 158 valence electrons. The summed E-state index contributed by atoms with van der Waals surface area (Å²) in [5.41, 5.74) is 10.0. The number of benzene rings is 2. The van der Waals surface area contributed by atoms with Gasteiger partial charge >= 0.3 is 0 Å². The molecule has 2 aromatic carbocycles. The van der Waals surface area contributed by atoms with Gasteiger partial charge in [-0.2, -0.15) is 5.26 Å². The van der Waals surface area contributed by atoms with Crippen LogP contribution in [-0.4, -0.2) is 17.3 Å². The van der Waals surface area contributed by atoms with Crippen molar-refractivity contribution >= 4 is 0 Å². The molecule has 4 rings (SSSR count). The summed E-state index contributed by atoms with van der Waals surface area (Å²) in [5, 5.41) is 17.1. The largest absolute Gasteiger partial charge is 0.493 e. The maximum absolute atomic E-state index is 9.82. The summed E-state index contributed by atoms with van der Waals surface area (Å²) in [6.07, 6.45) is 0. The smallest absolute Gasteiger partial charge is 0.244 e. The van der Waals surface area contributed by atoms with E-state index in [-0.39, 0.29) is 11.8 Å². The van der Waals surface area contributed by atoms with Gasteiger partial charge in [0.2, 0.25) is 11.8 Å². The molecule has 2 heterocycles. The van der Waals surface area contributed by atoms with Crippen molar-refractivity contribution in [3.05, 3.63) is 82.4 Å². The van der Waals surface area contributed by atoms with E-state index in [1.807, 2.05) is 48.5 Å². The average molecular weight is 416 g/mol. The normalized spacial score (nSPS) is 15.3. The number of allylic oxidation sites excluding steroid dienone is 1. The molecular weight excluding hydrogens is 392 g/mol. The van der Waals surface area contributed by atoms with E-state index in [2.05, 4.69) is 30.1 Å². The van der Waals surface area contributed by atoms with Crippen molar-refractivity contribution in [1.29, 1.82) is 5.26 Å². The van der Waals surface area contributed by atoms with E-state index in [1.165, 1.54) is 0 Å². The maximum Gasteiger partial charge on any atom is 0.244 e. The molecule has 31 heavy (non-hydrogen) atoms. The third-order valence-electron chi connectivity index (χ3n) is 5.30. The van der Waals surface area contributed by atoms with Crippen molar-refractivity contribution in [2.75, 3.05) is 7.11 Å². The standard InChI is InChI=1S/C24H24N4O3/c1-14(2)22-21-20(17(12-25)23(26)31-24(21)28-27-22)16-9-10-18(19(11-16)29-3)30-13-15-7-5-4-6-8-15/h4-11,14,20H,13,26H2,1-3H3,(H,27,28). The molecule has 7 heteroatoms. The highest BCUT2D eigenvalue weighted by molar-refractivity contribution is 5.58. The second-order valence-corrected chi connectivity index (χ2v) is 7.62. The molecule has 0 fully saturated rings. The Kier molecular flexibility index (Phi) is 5.54. The number of methoxy groups -OCH3 is 1. The molecule has 0 spiro atoms. The number of rotatable bonds is 6. The molecule has 3 aromatic rings. The summed E-state index contributed by atoms with van der Waals surface area (Å²) in [5.74, 6) is 1.40. The SMILES string of the molecule is COc1cc(C2C(C#N)=C(N)Oc3n[nH]c(C(C)C)c32)ccc1OCc1ccccc1. The Morgan fingerprint density at radius 1 is 1.19 bits per heavy atom. The molecule has 7 nitrogen and oxygen atoms in total. The molecule has 0 radical (unpaired) electrons. The first-order valence-electron chi connectivity index (χ1n) is 10.0. The number of nitrogens with zero attached hydrogens (tertiary/aromatic N) is 2. The van der Waals surface area contributed by atoms with Crippen LogP contribution in [-0.2, 0) is 6.61 Å². The van der Waals surface area contributed by atoms with E-state index < -0.39 is 5.92 Å². The van der Waals surface area contributed by atoms with Gasteiger partial charge in [0.25, 0.3) is 0 Å². The van der Waals surface area contributed by atoms with Crippen molar-refractivity contribution in [3.63, 3.8) is 0 Å². The van der Waals surface area contributed by atoms with Gasteiger partial charge in [-0.25, -0.2) is 0 Å². The highest BCUT2D eigenvalue weighted by Gasteiger charge is 2.36. The van der Waals surface area contributed by atoms with Gasteiger partial charge in [0.05, 0.1) is 18.6 Å². The first-order chi connectivity index (χ1) is 15.0. The van der Waals surface area contributed by atoms with Crippen LogP contribution in [0.4, 0.5) is 0 Å². The van der Waals surface area contributed by atoms with E-state index >= 15 is 0 Å². The molecule has 3 N–H and O–H groups in total. The van der Waals surface area contributed by atoms with Crippen LogP contribution < -0.4 is 19.9 Å². The molecule has 1 atom stereocenters. The summed E-state index contributed by atoms with van der Waals surface area (Å²) in [7, 11) is 1.59. The Bertz CT molecular complexity index is 1160. The van der Waals surface area contributed by atoms with Crippen molar-refractivity contribution in [1.82, 2.24) is 10.2 Å². The van der Waals surface area contributed by atoms with Crippen LogP contribution in [0.2, 0.25) is 0 Å². The van der Waals surface area contributed by atoms with E-state index in [0.29, 0.717) is 29.6 Å². The zero-order valence-electron chi connectivity index (χ0n) is 17.7. The predicted molar refractivity (Wildman–Crippen MR) is 116 cm³/mol. The van der Waals surface area contributed by atoms with Crippen LogP contribution in [0.1, 0.15) is 48.1 Å². The minimum atomic E-state index is -0.415. The fraction of sp³-hybridized carbons (Fsp3) is 0.250. The number of hydrogen-bond donors (Lipinski definition) is 2. The molecule has 0 saturated heterocycles. The average Bonchev–Trinajstić information content (AvgIpc) is 3.21. The Labute approximate surface area is 181 Å². The Hall–Kier alpha value is -3.92. The number of aromatic amines is 1. The molecule has 1 aromatic heterocycles. The number of nitrogens with one attached hydrogen (secondary N) is 1. The molecule has 0 saturated carbocycles. The van der Waals surface area contributed by atoms with Gasteiger partial charge in [0.15, 0.2) is 11.5 Å². The summed E-state index contributed by atoms with van der Waals surface area (Å²) >= 11 is 0. The monoisotopic (exact) mass is 416 g/mol. The van der Waals surface area contributed by atoms with Crippen molar-refractivity contribution in [3.8, 4) is 23.4 Å². The van der Waals surface area contributed by atoms with Crippen molar-refractivity contribution < 1.29 is 14.2 Å². The third-order valence-corrected chi connectivity index (χ3v) is 5.30. The maximum atomic E-state index is 9.82. The van der Waals surface area contributed by atoms with Crippen molar-refractivity contribution in [2.45, 2.75) is 32.3 Å². The Balaban J connectivity index is 1.73. The van der Waals surface area contributed by atoms with Crippen LogP contribution in [0.15, 0.2) is 60.0 Å². The van der Waals surface area contributed by atoms with Gasteiger partial charge in [-0.1, -0.05) is 50.2 Å². The number of hydrogen-bond acceptors (Lipinski definition) is 6. The lowest BCUT2D eigenvalue weighted by Crippen LogP contribution is -2.21. The summed E-state index contributed by atoms with van der Waals surface area (Å²) in [6.45, 7) is 4.53. The van der Waals surface area contributed by atoms with Gasteiger partial charge in [-0.05, 0) is 29.2 Å². The first kappa shape index (κ1) is 20.4. The van der Waals surface area contributed by atoms with Gasteiger partial charge in [0.1, 0.15) is 18.2 Å².